The SMILES string of the molecule is COc1ccc(/C(O)=C2\C(=O)C(=O)N(c3nc4c(F)cc(F)cc4s3)C2c2ccc(O)cc2)cc1C. The highest BCUT2D eigenvalue weighted by atomic mass is 32.1. The summed E-state index contributed by atoms with van der Waals surface area (Å²) < 4.78 is 33.5. The zero-order valence-corrected chi connectivity index (χ0v) is 19.8. The maximum atomic E-state index is 14.4. The smallest absolute Gasteiger partial charge is 0.301 e. The van der Waals surface area contributed by atoms with Crippen LogP contribution < -0.4 is 9.64 Å². The molecule has 7 nitrogen and oxygen atoms in total. The first kappa shape index (κ1) is 23.4. The molecule has 0 bridgehead atoms. The number of halogens is 2. The molecule has 1 fully saturated rings. The molecular weight excluding hydrogens is 490 g/mol. The predicted octanol–water partition coefficient (Wildman–Crippen LogP) is 5.22. The van der Waals surface area contributed by atoms with Gasteiger partial charge in [-0.25, -0.2) is 13.8 Å². The molecule has 4 aromatic rings. The molecule has 1 aliphatic rings. The van der Waals surface area contributed by atoms with Gasteiger partial charge < -0.3 is 14.9 Å². The summed E-state index contributed by atoms with van der Waals surface area (Å²) >= 11 is 0.839. The summed E-state index contributed by atoms with van der Waals surface area (Å²) in [5.74, 6) is -3.55. The van der Waals surface area contributed by atoms with E-state index in [-0.39, 0.29) is 32.2 Å². The van der Waals surface area contributed by atoms with Crippen LogP contribution in [0.3, 0.4) is 0 Å². The van der Waals surface area contributed by atoms with Crippen LogP contribution in [0.4, 0.5) is 13.9 Å². The van der Waals surface area contributed by atoms with Gasteiger partial charge in [0.2, 0.25) is 0 Å². The van der Waals surface area contributed by atoms with Gasteiger partial charge in [-0.1, -0.05) is 23.5 Å². The monoisotopic (exact) mass is 508 g/mol. The molecule has 0 aliphatic carbocycles. The van der Waals surface area contributed by atoms with E-state index in [0.717, 1.165) is 22.3 Å². The van der Waals surface area contributed by atoms with Gasteiger partial charge in [-0.3, -0.25) is 14.5 Å². The van der Waals surface area contributed by atoms with Crippen molar-refractivity contribution in [2.24, 2.45) is 0 Å². The molecule has 182 valence electrons. The molecule has 3 aromatic carbocycles. The number of ether oxygens (including phenoxy) is 1. The third-order valence-corrected chi connectivity index (χ3v) is 6.93. The van der Waals surface area contributed by atoms with Crippen LogP contribution in [-0.2, 0) is 9.59 Å². The summed E-state index contributed by atoms with van der Waals surface area (Å²) in [6.45, 7) is 1.76. The first-order valence-electron chi connectivity index (χ1n) is 10.7. The van der Waals surface area contributed by atoms with Crippen LogP contribution >= 0.6 is 11.3 Å². The van der Waals surface area contributed by atoms with Crippen LogP contribution in [0.2, 0.25) is 0 Å². The number of fused-ring (bicyclic) bond motifs is 1. The molecule has 2 heterocycles. The molecule has 1 unspecified atom stereocenters. The second kappa shape index (κ2) is 8.72. The standard InChI is InChI=1S/C26H18F2N2O5S/c1-12-9-14(5-8-18(12)35-2)23(32)20-22(13-3-6-16(31)7-4-13)30(25(34)24(20)33)26-29-21-17(28)10-15(27)11-19(21)36-26/h3-11,22,31-32H,1-2H3/b23-20+. The van der Waals surface area contributed by atoms with Crippen molar-refractivity contribution < 1.29 is 33.3 Å². The van der Waals surface area contributed by atoms with Crippen molar-refractivity contribution in [1.82, 2.24) is 4.98 Å². The molecule has 1 aliphatic heterocycles. The zero-order valence-electron chi connectivity index (χ0n) is 19.0. The normalized spacial score (nSPS) is 17.2. The van der Waals surface area contributed by atoms with Crippen LogP contribution in [-0.4, -0.2) is 34.0 Å². The molecule has 0 spiro atoms. The van der Waals surface area contributed by atoms with Gasteiger partial charge in [-0.2, -0.15) is 0 Å². The maximum Gasteiger partial charge on any atom is 0.301 e. The fourth-order valence-corrected chi connectivity index (χ4v) is 5.26. The average molecular weight is 509 g/mol. The third-order valence-electron chi connectivity index (χ3n) is 5.93. The lowest BCUT2D eigenvalue weighted by atomic mass is 9.95. The lowest BCUT2D eigenvalue weighted by Gasteiger charge is -2.23. The highest BCUT2D eigenvalue weighted by Crippen LogP contribution is 2.45. The predicted molar refractivity (Wildman–Crippen MR) is 130 cm³/mol. The Kier molecular flexibility index (Phi) is 5.68. The van der Waals surface area contributed by atoms with E-state index in [1.54, 1.807) is 25.1 Å². The van der Waals surface area contributed by atoms with Crippen LogP contribution in [0.5, 0.6) is 11.5 Å². The average Bonchev–Trinajstić information content (AvgIpc) is 3.38. The van der Waals surface area contributed by atoms with Crippen molar-refractivity contribution in [2.75, 3.05) is 12.0 Å². The Bertz CT molecular complexity index is 1580. The minimum absolute atomic E-state index is 0.0420. The molecule has 1 aromatic heterocycles. The van der Waals surface area contributed by atoms with E-state index in [1.807, 2.05) is 0 Å². The summed E-state index contributed by atoms with van der Waals surface area (Å²) in [6.07, 6.45) is 0. The zero-order chi connectivity index (χ0) is 25.7. The molecule has 0 saturated carbocycles. The largest absolute Gasteiger partial charge is 0.508 e. The second-order valence-electron chi connectivity index (χ2n) is 8.18. The van der Waals surface area contributed by atoms with E-state index >= 15 is 0 Å². The van der Waals surface area contributed by atoms with Crippen LogP contribution in [0.1, 0.15) is 22.7 Å². The summed E-state index contributed by atoms with van der Waals surface area (Å²) in [7, 11) is 1.50. The van der Waals surface area contributed by atoms with Gasteiger partial charge >= 0.3 is 5.91 Å². The Morgan fingerprint density at radius 1 is 1.08 bits per heavy atom. The molecule has 36 heavy (non-hydrogen) atoms. The van der Waals surface area contributed by atoms with Crippen LogP contribution in [0.15, 0.2) is 60.2 Å². The van der Waals surface area contributed by atoms with Gasteiger partial charge in [0, 0.05) is 11.6 Å². The van der Waals surface area contributed by atoms with Gasteiger partial charge in [0.25, 0.3) is 5.78 Å². The second-order valence-corrected chi connectivity index (χ2v) is 9.18. The molecule has 1 amide bonds. The number of aryl methyl sites for hydroxylation is 1. The van der Waals surface area contributed by atoms with Crippen LogP contribution in [0.25, 0.3) is 16.0 Å². The van der Waals surface area contributed by atoms with E-state index in [0.29, 0.717) is 22.9 Å². The number of amides is 1. The number of rotatable bonds is 4. The van der Waals surface area contributed by atoms with Gasteiger partial charge in [0.05, 0.1) is 23.4 Å². The van der Waals surface area contributed by atoms with Crippen LogP contribution in [0, 0.1) is 18.6 Å². The van der Waals surface area contributed by atoms with E-state index in [2.05, 4.69) is 4.98 Å². The van der Waals surface area contributed by atoms with Gasteiger partial charge in [-0.15, -0.1) is 0 Å². The quantitative estimate of drug-likeness (QED) is 0.223. The number of phenols is 1. The van der Waals surface area contributed by atoms with E-state index < -0.39 is 35.1 Å². The lowest BCUT2D eigenvalue weighted by molar-refractivity contribution is -0.132. The maximum absolute atomic E-state index is 14.4. The van der Waals surface area contributed by atoms with Gasteiger partial charge in [-0.05, 0) is 54.4 Å². The number of carbonyl (C=O) groups is 2. The number of hydrogen-bond donors (Lipinski definition) is 2. The Labute approximate surface area is 207 Å². The number of methoxy groups -OCH3 is 1. The number of thiazole rings is 1. The highest BCUT2D eigenvalue weighted by molar-refractivity contribution is 7.22. The van der Waals surface area contributed by atoms with Gasteiger partial charge in [0.1, 0.15) is 28.6 Å². The number of aliphatic hydroxyl groups is 1. The molecule has 10 heteroatoms. The Hall–Kier alpha value is -4.31. The minimum atomic E-state index is -1.14. The number of nitrogens with zero attached hydrogens (tertiary/aromatic N) is 2. The molecule has 1 atom stereocenters. The molecule has 1 saturated heterocycles. The van der Waals surface area contributed by atoms with Crippen molar-refractivity contribution in [3.8, 4) is 11.5 Å². The number of aliphatic hydroxyl groups excluding tert-OH is 1. The molecule has 0 radical (unpaired) electrons. The first-order valence-corrected chi connectivity index (χ1v) is 11.5. The fraction of sp³-hybridized carbons (Fsp3) is 0.115. The third kappa shape index (κ3) is 3.75. The van der Waals surface area contributed by atoms with Crippen molar-refractivity contribution in [3.63, 3.8) is 0 Å². The minimum Gasteiger partial charge on any atom is -0.508 e. The van der Waals surface area contributed by atoms with Crippen molar-refractivity contribution in [1.29, 1.82) is 0 Å². The lowest BCUT2D eigenvalue weighted by Crippen LogP contribution is -2.29. The fourth-order valence-electron chi connectivity index (χ4n) is 4.23. The number of hydrogen-bond acceptors (Lipinski definition) is 7. The highest BCUT2D eigenvalue weighted by Gasteiger charge is 2.48. The van der Waals surface area contributed by atoms with Gasteiger partial charge in [0.15, 0.2) is 10.9 Å². The number of benzene rings is 3. The molecular formula is C26H18F2N2O5S. The Balaban J connectivity index is 1.73. The number of anilines is 1. The molecule has 2 N–H and O–H groups in total. The molecule has 5 rings (SSSR count). The number of aromatic nitrogens is 1. The number of aromatic hydroxyl groups is 1. The summed E-state index contributed by atoms with van der Waals surface area (Å²) in [5, 5.41) is 21.0. The van der Waals surface area contributed by atoms with Crippen molar-refractivity contribution in [3.05, 3.63) is 88.5 Å². The summed E-state index contributed by atoms with van der Waals surface area (Å²) in [5.41, 5.74) is 1.02. The first-order chi connectivity index (χ1) is 17.2. The number of carbonyl (C=O) groups excluding carboxylic acids is 2. The van der Waals surface area contributed by atoms with E-state index in [1.165, 1.54) is 31.4 Å². The topological polar surface area (TPSA) is 100.0 Å². The Morgan fingerprint density at radius 2 is 1.81 bits per heavy atom. The number of ketones is 1. The van der Waals surface area contributed by atoms with E-state index in [4.69, 9.17) is 4.74 Å². The number of Topliss-reactive ketones (excluding diaryl/α,β-unsaturated/α-hetero) is 1. The summed E-state index contributed by atoms with van der Waals surface area (Å²) in [4.78, 5) is 31.7. The summed E-state index contributed by atoms with van der Waals surface area (Å²) in [6, 6.07) is 11.2. The van der Waals surface area contributed by atoms with E-state index in [9.17, 15) is 28.6 Å². The number of phenolic OH excluding ortho intramolecular Hbond substituents is 1. The van der Waals surface area contributed by atoms with Crippen molar-refractivity contribution >= 4 is 44.1 Å². The van der Waals surface area contributed by atoms with Crippen molar-refractivity contribution in [2.45, 2.75) is 13.0 Å². The Morgan fingerprint density at radius 3 is 2.47 bits per heavy atom.